The highest BCUT2D eigenvalue weighted by atomic mass is 16.3. The Labute approximate surface area is 103 Å². The van der Waals surface area contributed by atoms with Gasteiger partial charge >= 0.3 is 0 Å². The van der Waals surface area contributed by atoms with E-state index in [1.54, 1.807) is 22.2 Å². The van der Waals surface area contributed by atoms with E-state index in [0.717, 1.165) is 0 Å². The van der Waals surface area contributed by atoms with E-state index < -0.39 is 12.2 Å². The van der Waals surface area contributed by atoms with Crippen LogP contribution in [-0.2, 0) is 0 Å². The van der Waals surface area contributed by atoms with Crippen LogP contribution in [0.3, 0.4) is 0 Å². The molecule has 6 nitrogen and oxygen atoms in total. The summed E-state index contributed by atoms with van der Waals surface area (Å²) in [5.41, 5.74) is 10.7. The first kappa shape index (κ1) is 15.9. The largest absolute Gasteiger partial charge is 0.390 e. The van der Waals surface area contributed by atoms with E-state index in [1.807, 2.05) is 0 Å². The van der Waals surface area contributed by atoms with Crippen molar-refractivity contribution in [2.45, 2.75) is 12.2 Å². The van der Waals surface area contributed by atoms with Crippen molar-refractivity contribution in [1.82, 2.24) is 9.80 Å². The van der Waals surface area contributed by atoms with Gasteiger partial charge in [0.25, 0.3) is 0 Å². The average molecular weight is 244 g/mol. The Morgan fingerprint density at radius 3 is 1.53 bits per heavy atom. The van der Waals surface area contributed by atoms with Crippen molar-refractivity contribution < 1.29 is 10.2 Å². The van der Waals surface area contributed by atoms with Crippen molar-refractivity contribution in [1.29, 1.82) is 0 Å². The number of nitrogens with two attached hydrogens (primary N) is 2. The summed E-state index contributed by atoms with van der Waals surface area (Å²) in [4.78, 5) is 3.59. The maximum Gasteiger partial charge on any atom is 0.0894 e. The van der Waals surface area contributed by atoms with Gasteiger partial charge in [-0.05, 0) is 12.4 Å². The van der Waals surface area contributed by atoms with Gasteiger partial charge in [0.1, 0.15) is 0 Å². The van der Waals surface area contributed by atoms with E-state index in [2.05, 4.69) is 13.2 Å². The van der Waals surface area contributed by atoms with Crippen LogP contribution in [0.4, 0.5) is 0 Å². The van der Waals surface area contributed by atoms with Crippen LogP contribution in [0.5, 0.6) is 0 Å². The molecule has 0 saturated heterocycles. The van der Waals surface area contributed by atoms with Gasteiger partial charge < -0.3 is 31.5 Å². The normalized spacial score (nSPS) is 13.9. The lowest BCUT2D eigenvalue weighted by molar-refractivity contribution is 0.0919. The fourth-order valence-corrected chi connectivity index (χ4v) is 1.30. The standard InChI is InChI=1S/C11H24N4O2/c1-3-14(7-10(16)5-12)9-15(4-2)8-11(17)6-13/h3-4,10-11,16-17H,1-2,5-9,12-13H2. The molecule has 0 aromatic carbocycles. The van der Waals surface area contributed by atoms with Crippen LogP contribution >= 0.6 is 0 Å². The zero-order valence-corrected chi connectivity index (χ0v) is 10.2. The quantitative estimate of drug-likeness (QED) is 0.348. The minimum absolute atomic E-state index is 0.198. The Hall–Kier alpha value is -1.08. The van der Waals surface area contributed by atoms with Crippen LogP contribution in [0.15, 0.2) is 25.6 Å². The van der Waals surface area contributed by atoms with E-state index in [-0.39, 0.29) is 13.1 Å². The van der Waals surface area contributed by atoms with E-state index in [4.69, 9.17) is 11.5 Å². The van der Waals surface area contributed by atoms with E-state index in [9.17, 15) is 10.2 Å². The van der Waals surface area contributed by atoms with E-state index in [0.29, 0.717) is 19.8 Å². The van der Waals surface area contributed by atoms with Crippen LogP contribution in [0, 0.1) is 0 Å². The summed E-state index contributed by atoms with van der Waals surface area (Å²) in [7, 11) is 0. The van der Waals surface area contributed by atoms with Gasteiger partial charge in [-0.2, -0.15) is 0 Å². The Morgan fingerprint density at radius 1 is 0.941 bits per heavy atom. The first-order valence-corrected chi connectivity index (χ1v) is 5.56. The maximum atomic E-state index is 9.44. The fraction of sp³-hybridized carbons (Fsp3) is 0.636. The summed E-state index contributed by atoms with van der Waals surface area (Å²) in [5, 5.41) is 18.9. The summed E-state index contributed by atoms with van der Waals surface area (Å²) in [6.45, 7) is 8.98. The zero-order chi connectivity index (χ0) is 13.3. The molecule has 2 unspecified atom stereocenters. The lowest BCUT2D eigenvalue weighted by atomic mass is 10.3. The Bertz CT molecular complexity index is 204. The van der Waals surface area contributed by atoms with E-state index in [1.165, 1.54) is 0 Å². The van der Waals surface area contributed by atoms with Crippen molar-refractivity contribution in [3.63, 3.8) is 0 Å². The van der Waals surface area contributed by atoms with Gasteiger partial charge in [0, 0.05) is 26.2 Å². The number of rotatable bonds is 10. The molecule has 0 saturated carbocycles. The molecule has 6 N–H and O–H groups in total. The van der Waals surface area contributed by atoms with Gasteiger partial charge in [0.2, 0.25) is 0 Å². The molecule has 0 spiro atoms. The van der Waals surface area contributed by atoms with Crippen molar-refractivity contribution in [3.05, 3.63) is 25.6 Å². The van der Waals surface area contributed by atoms with Gasteiger partial charge in [0.05, 0.1) is 18.9 Å². The first-order chi connectivity index (χ1) is 8.07. The van der Waals surface area contributed by atoms with Crippen LogP contribution < -0.4 is 11.5 Å². The minimum atomic E-state index is -0.598. The molecule has 0 aromatic rings. The first-order valence-electron chi connectivity index (χ1n) is 5.56. The second-order valence-electron chi connectivity index (χ2n) is 3.83. The molecule has 0 heterocycles. The van der Waals surface area contributed by atoms with E-state index >= 15 is 0 Å². The molecule has 0 aromatic heterocycles. The fourth-order valence-electron chi connectivity index (χ4n) is 1.30. The summed E-state index contributed by atoms with van der Waals surface area (Å²) < 4.78 is 0. The number of aliphatic hydroxyl groups excluding tert-OH is 2. The summed E-state index contributed by atoms with van der Waals surface area (Å²) in [5.74, 6) is 0. The van der Waals surface area contributed by atoms with Crippen LogP contribution in [0.2, 0.25) is 0 Å². The lowest BCUT2D eigenvalue weighted by Crippen LogP contribution is -2.42. The van der Waals surface area contributed by atoms with Crippen molar-refractivity contribution in [3.8, 4) is 0 Å². The van der Waals surface area contributed by atoms with Gasteiger partial charge in [-0.1, -0.05) is 13.2 Å². The molecule has 6 heteroatoms. The molecular formula is C11H24N4O2. The SMILES string of the molecule is C=CN(CC(O)CN)CN(C=C)CC(O)CN. The predicted octanol–water partition coefficient (Wildman–Crippen LogP) is -1.53. The second-order valence-corrected chi connectivity index (χ2v) is 3.83. The van der Waals surface area contributed by atoms with Crippen LogP contribution in [0.1, 0.15) is 0 Å². The maximum absolute atomic E-state index is 9.44. The predicted molar refractivity (Wildman–Crippen MR) is 68.8 cm³/mol. The third kappa shape index (κ3) is 6.96. The van der Waals surface area contributed by atoms with Crippen LogP contribution in [-0.4, -0.2) is 65.1 Å². The van der Waals surface area contributed by atoms with Crippen LogP contribution in [0.25, 0.3) is 0 Å². The molecule has 2 atom stereocenters. The number of nitrogens with zero attached hydrogens (tertiary/aromatic N) is 2. The molecule has 0 rings (SSSR count). The molecule has 17 heavy (non-hydrogen) atoms. The van der Waals surface area contributed by atoms with Crippen molar-refractivity contribution in [2.75, 3.05) is 32.8 Å². The minimum Gasteiger partial charge on any atom is -0.390 e. The summed E-state index contributed by atoms with van der Waals surface area (Å²) >= 11 is 0. The van der Waals surface area contributed by atoms with Gasteiger partial charge in [-0.15, -0.1) is 0 Å². The number of hydrogen-bond acceptors (Lipinski definition) is 6. The Morgan fingerprint density at radius 2 is 1.29 bits per heavy atom. The molecule has 0 aliphatic rings. The third-order valence-electron chi connectivity index (χ3n) is 2.31. The Kier molecular flexibility index (Phi) is 8.43. The Balaban J connectivity index is 4.21. The second kappa shape index (κ2) is 9.00. The number of hydrogen-bond donors (Lipinski definition) is 4. The highest BCUT2D eigenvalue weighted by Gasteiger charge is 2.11. The topological polar surface area (TPSA) is 99.0 Å². The van der Waals surface area contributed by atoms with Crippen molar-refractivity contribution >= 4 is 0 Å². The highest BCUT2D eigenvalue weighted by molar-refractivity contribution is 4.80. The summed E-state index contributed by atoms with van der Waals surface area (Å²) in [6, 6.07) is 0. The monoisotopic (exact) mass is 244 g/mol. The molecule has 100 valence electrons. The molecule has 0 amide bonds. The molecule has 0 bridgehead atoms. The molecule has 0 radical (unpaired) electrons. The molecular weight excluding hydrogens is 220 g/mol. The third-order valence-corrected chi connectivity index (χ3v) is 2.31. The molecule has 0 aliphatic heterocycles. The van der Waals surface area contributed by atoms with Gasteiger partial charge in [-0.25, -0.2) is 0 Å². The number of aliphatic hydroxyl groups is 2. The lowest BCUT2D eigenvalue weighted by Gasteiger charge is -2.30. The average Bonchev–Trinajstić information content (AvgIpc) is 2.36. The highest BCUT2D eigenvalue weighted by Crippen LogP contribution is 1.99. The van der Waals surface area contributed by atoms with Crippen molar-refractivity contribution in [2.24, 2.45) is 11.5 Å². The molecule has 0 fully saturated rings. The van der Waals surface area contributed by atoms with Gasteiger partial charge in [0.15, 0.2) is 0 Å². The smallest absolute Gasteiger partial charge is 0.0894 e. The summed E-state index contributed by atoms with van der Waals surface area (Å²) in [6.07, 6.45) is 2.03. The molecule has 0 aliphatic carbocycles. The zero-order valence-electron chi connectivity index (χ0n) is 10.2. The van der Waals surface area contributed by atoms with Gasteiger partial charge in [-0.3, -0.25) is 0 Å².